The van der Waals surface area contributed by atoms with Gasteiger partial charge in [0.25, 0.3) is 0 Å². The molecule has 7 nitrogen and oxygen atoms in total. The van der Waals surface area contributed by atoms with E-state index in [0.717, 1.165) is 74.1 Å². The van der Waals surface area contributed by atoms with Gasteiger partial charge >= 0.3 is 5.97 Å². The summed E-state index contributed by atoms with van der Waals surface area (Å²) in [5.41, 5.74) is 6.53. The Morgan fingerprint density at radius 1 is 1.15 bits per heavy atom. The molecule has 0 spiro atoms. The molecule has 2 aromatic heterocycles. The van der Waals surface area contributed by atoms with Crippen LogP contribution >= 0.6 is 24.2 Å². The van der Waals surface area contributed by atoms with Gasteiger partial charge in [-0.05, 0) is 61.9 Å². The summed E-state index contributed by atoms with van der Waals surface area (Å²) in [7, 11) is 5.26. The van der Waals surface area contributed by atoms with Crippen LogP contribution in [0.3, 0.4) is 0 Å². The number of esters is 1. The predicted molar refractivity (Wildman–Crippen MR) is 167 cm³/mol. The maximum absolute atomic E-state index is 13.2. The smallest absolute Gasteiger partial charge is 0.354 e. The Labute approximate surface area is 249 Å². The lowest BCUT2D eigenvalue weighted by atomic mass is 9.97. The molecule has 6 rings (SSSR count). The third-order valence-electron chi connectivity index (χ3n) is 7.93. The molecule has 9 heteroatoms. The van der Waals surface area contributed by atoms with Crippen LogP contribution in [0.1, 0.15) is 40.3 Å². The van der Waals surface area contributed by atoms with Gasteiger partial charge in [0, 0.05) is 52.6 Å². The van der Waals surface area contributed by atoms with E-state index in [9.17, 15) is 4.79 Å². The summed E-state index contributed by atoms with van der Waals surface area (Å²) >= 11 is 11.5. The average molecular weight is 589 g/mol. The molecule has 0 saturated heterocycles. The van der Waals surface area contributed by atoms with Crippen LogP contribution in [0, 0.1) is 0 Å². The first-order valence-corrected chi connectivity index (χ1v) is 14.7. The molecule has 0 unspecified atom stereocenters. The zero-order chi connectivity index (χ0) is 28.7. The number of aromatic nitrogens is 3. The number of thiol groups is 1. The van der Waals surface area contributed by atoms with Crippen LogP contribution < -0.4 is 10.1 Å². The Morgan fingerprint density at radius 2 is 1.98 bits per heavy atom. The van der Waals surface area contributed by atoms with E-state index in [-0.39, 0.29) is 5.97 Å². The number of ether oxygens (including phenoxy) is 2. The van der Waals surface area contributed by atoms with Gasteiger partial charge in [-0.3, -0.25) is 4.68 Å². The van der Waals surface area contributed by atoms with Gasteiger partial charge in [0.1, 0.15) is 11.4 Å². The van der Waals surface area contributed by atoms with Crippen LogP contribution in [0.2, 0.25) is 5.02 Å². The van der Waals surface area contributed by atoms with E-state index in [1.54, 1.807) is 0 Å². The minimum Gasteiger partial charge on any atom is -0.493 e. The number of hydrogen-bond donors (Lipinski definition) is 2. The van der Waals surface area contributed by atoms with Crippen molar-refractivity contribution in [1.82, 2.24) is 19.7 Å². The largest absolute Gasteiger partial charge is 0.493 e. The summed E-state index contributed by atoms with van der Waals surface area (Å²) in [6.45, 7) is 2.02. The van der Waals surface area contributed by atoms with Gasteiger partial charge in [-0.15, -0.1) is 12.6 Å². The lowest BCUT2D eigenvalue weighted by Crippen LogP contribution is -2.11. The normalized spacial score (nSPS) is 12.8. The number of aryl methyl sites for hydroxylation is 3. The molecule has 0 bridgehead atoms. The molecule has 0 radical (unpaired) electrons. The zero-order valence-corrected chi connectivity index (χ0v) is 25.1. The topological polar surface area (TPSA) is 70.3 Å². The van der Waals surface area contributed by atoms with E-state index >= 15 is 0 Å². The monoisotopic (exact) mass is 588 g/mol. The minimum atomic E-state index is -0.369. The van der Waals surface area contributed by atoms with Crippen molar-refractivity contribution in [3.8, 4) is 16.9 Å². The van der Waals surface area contributed by atoms with Gasteiger partial charge in [0.05, 0.1) is 29.9 Å². The van der Waals surface area contributed by atoms with Crippen molar-refractivity contribution in [2.75, 3.05) is 20.8 Å². The Bertz CT molecular complexity index is 1790. The maximum atomic E-state index is 13.2. The van der Waals surface area contributed by atoms with Gasteiger partial charge < -0.3 is 19.4 Å². The molecule has 1 aliphatic rings. The van der Waals surface area contributed by atoms with Crippen molar-refractivity contribution in [2.24, 2.45) is 7.05 Å². The Morgan fingerprint density at radius 3 is 2.78 bits per heavy atom. The molecule has 0 fully saturated rings. The first-order valence-electron chi connectivity index (χ1n) is 13.9. The highest BCUT2D eigenvalue weighted by Gasteiger charge is 2.29. The molecule has 3 heterocycles. The first-order chi connectivity index (χ1) is 19.9. The molecule has 3 aromatic carbocycles. The number of nitrogens with zero attached hydrogens (tertiary/aromatic N) is 3. The summed E-state index contributed by atoms with van der Waals surface area (Å²) < 4.78 is 15.6. The van der Waals surface area contributed by atoms with E-state index in [2.05, 4.69) is 34.8 Å². The minimum absolute atomic E-state index is 0.369. The van der Waals surface area contributed by atoms with Gasteiger partial charge in [0.2, 0.25) is 0 Å². The molecule has 0 amide bonds. The van der Waals surface area contributed by atoms with Crippen LogP contribution in [0.15, 0.2) is 53.4 Å². The van der Waals surface area contributed by atoms with E-state index in [1.165, 1.54) is 12.8 Å². The molecule has 0 aliphatic carbocycles. The molecular formula is C32H33ClN4O3S. The first kappa shape index (κ1) is 27.7. The average Bonchev–Trinajstić information content (AvgIpc) is 3.63. The van der Waals surface area contributed by atoms with E-state index < -0.39 is 0 Å². The second kappa shape index (κ2) is 11.4. The van der Waals surface area contributed by atoms with Gasteiger partial charge in [-0.25, -0.2) is 4.79 Å². The third kappa shape index (κ3) is 4.88. The van der Waals surface area contributed by atoms with E-state index in [4.69, 9.17) is 26.2 Å². The molecule has 0 saturated carbocycles. The quantitative estimate of drug-likeness (QED) is 0.115. The lowest BCUT2D eigenvalue weighted by Gasteiger charge is -2.12. The van der Waals surface area contributed by atoms with Crippen LogP contribution in [0.25, 0.3) is 32.8 Å². The fourth-order valence-corrected chi connectivity index (χ4v) is 6.73. The van der Waals surface area contributed by atoms with E-state index in [0.29, 0.717) is 36.7 Å². The SMILES string of the molecule is CNCc1nn2c(c1-c1c(Cl)ccc3c(CCCOc4cc(S)cc5ccccc45)c(C(=O)OC)n(C)c13)CCC2. The second-order valence-electron chi connectivity index (χ2n) is 10.4. The number of methoxy groups -OCH3 is 1. The number of carbonyl (C=O) groups is 1. The number of benzene rings is 3. The Hall–Kier alpha value is -3.46. The maximum Gasteiger partial charge on any atom is 0.354 e. The van der Waals surface area contributed by atoms with Crippen molar-refractivity contribution in [2.45, 2.75) is 43.7 Å². The zero-order valence-electron chi connectivity index (χ0n) is 23.5. The highest BCUT2D eigenvalue weighted by Crippen LogP contribution is 2.43. The van der Waals surface area contributed by atoms with Crippen molar-refractivity contribution in [3.63, 3.8) is 0 Å². The molecule has 0 atom stereocenters. The fourth-order valence-electron chi connectivity index (χ4n) is 6.23. The molecule has 5 aromatic rings. The summed E-state index contributed by atoms with van der Waals surface area (Å²) in [5.74, 6) is 0.437. The second-order valence-corrected chi connectivity index (χ2v) is 11.4. The predicted octanol–water partition coefficient (Wildman–Crippen LogP) is 6.60. The molecule has 41 heavy (non-hydrogen) atoms. The molecule has 1 N–H and O–H groups in total. The Kier molecular flexibility index (Phi) is 7.72. The standard InChI is InChI=1S/C32H33ClN4O3S/c1-34-18-25-29(26-11-6-14-37(26)35-25)28-24(33)13-12-23-22(31(32(38)39-3)36(2)30(23)28)10-7-15-40-27-17-20(41)16-19-8-4-5-9-21(19)27/h4-5,8-9,12-13,16-17,34,41H,6-7,10-11,14-15,18H2,1-3H3. The number of fused-ring (bicyclic) bond motifs is 3. The van der Waals surface area contributed by atoms with Crippen molar-refractivity contribution in [3.05, 3.63) is 76.2 Å². The summed E-state index contributed by atoms with van der Waals surface area (Å²) in [6, 6.07) is 16.1. The molecular weight excluding hydrogens is 556 g/mol. The highest BCUT2D eigenvalue weighted by atomic mass is 35.5. The van der Waals surface area contributed by atoms with Crippen LogP contribution in [-0.4, -0.2) is 41.1 Å². The molecule has 1 aliphatic heterocycles. The van der Waals surface area contributed by atoms with Crippen molar-refractivity contribution < 1.29 is 14.3 Å². The van der Waals surface area contributed by atoms with E-state index in [1.807, 2.05) is 55.1 Å². The number of hydrogen-bond acceptors (Lipinski definition) is 6. The van der Waals surface area contributed by atoms with Gasteiger partial charge in [0.15, 0.2) is 0 Å². The molecule has 212 valence electrons. The van der Waals surface area contributed by atoms with Gasteiger partial charge in [-0.2, -0.15) is 5.10 Å². The number of halogens is 1. The fraction of sp³-hybridized carbons (Fsp3) is 0.312. The van der Waals surface area contributed by atoms with Crippen molar-refractivity contribution >= 4 is 51.9 Å². The highest BCUT2D eigenvalue weighted by molar-refractivity contribution is 7.80. The van der Waals surface area contributed by atoms with Crippen molar-refractivity contribution in [1.29, 1.82) is 0 Å². The Balaban J connectivity index is 1.39. The lowest BCUT2D eigenvalue weighted by molar-refractivity contribution is 0.0589. The number of rotatable bonds is 9. The third-order valence-corrected chi connectivity index (χ3v) is 8.51. The number of carbonyl (C=O) groups excluding carboxylic acids is 1. The number of nitrogens with one attached hydrogen (secondary N) is 1. The summed E-state index contributed by atoms with van der Waals surface area (Å²) in [4.78, 5) is 14.0. The van der Waals surface area contributed by atoms with Crippen LogP contribution in [0.4, 0.5) is 0 Å². The summed E-state index contributed by atoms with van der Waals surface area (Å²) in [5, 5.41) is 11.9. The summed E-state index contributed by atoms with van der Waals surface area (Å²) in [6.07, 6.45) is 3.34. The van der Waals surface area contributed by atoms with Gasteiger partial charge in [-0.1, -0.05) is 41.9 Å². The van der Waals surface area contributed by atoms with Crippen LogP contribution in [0.5, 0.6) is 5.75 Å². The van der Waals surface area contributed by atoms with Crippen LogP contribution in [-0.2, 0) is 37.7 Å².